The number of hydrogen-bond acceptors (Lipinski definition) is 5. The van der Waals surface area contributed by atoms with Gasteiger partial charge in [0.05, 0.1) is 17.4 Å². The monoisotopic (exact) mass is 411 g/mol. The summed E-state index contributed by atoms with van der Waals surface area (Å²) in [5.74, 6) is 1.30. The first kappa shape index (κ1) is 19.2. The van der Waals surface area contributed by atoms with Crippen molar-refractivity contribution in [3.63, 3.8) is 0 Å². The molecule has 1 aliphatic rings. The second-order valence-corrected chi connectivity index (χ2v) is 7.22. The van der Waals surface area contributed by atoms with E-state index in [1.165, 1.54) is 4.57 Å². The van der Waals surface area contributed by atoms with Crippen LogP contribution in [0.1, 0.15) is 12.8 Å². The molecule has 1 unspecified atom stereocenters. The van der Waals surface area contributed by atoms with Crippen molar-refractivity contribution >= 4 is 29.0 Å². The molecule has 0 saturated carbocycles. The summed E-state index contributed by atoms with van der Waals surface area (Å²) in [7, 11) is 0. The Labute approximate surface area is 172 Å². The second kappa shape index (κ2) is 8.48. The summed E-state index contributed by atoms with van der Waals surface area (Å²) in [4.78, 5) is 27.8. The third-order valence-electron chi connectivity index (χ3n) is 4.77. The molecule has 2 aromatic carbocycles. The number of carbonyl (C=O) groups is 1. The van der Waals surface area contributed by atoms with E-state index in [9.17, 15) is 9.59 Å². The van der Waals surface area contributed by atoms with Crippen LogP contribution in [0.4, 0.5) is 0 Å². The van der Waals surface area contributed by atoms with Gasteiger partial charge in [0.2, 0.25) is 5.91 Å². The minimum atomic E-state index is -0.231. The lowest BCUT2D eigenvalue weighted by Gasteiger charge is -2.26. The predicted octanol–water partition coefficient (Wildman–Crippen LogP) is 2.80. The van der Waals surface area contributed by atoms with Gasteiger partial charge >= 0.3 is 0 Å². The molecule has 1 amide bonds. The molecule has 0 aliphatic carbocycles. The molecule has 1 aliphatic heterocycles. The van der Waals surface area contributed by atoms with Crippen LogP contribution in [0.5, 0.6) is 11.5 Å². The molecule has 3 aromatic rings. The minimum Gasteiger partial charge on any atom is -0.486 e. The van der Waals surface area contributed by atoms with Crippen LogP contribution in [0, 0.1) is 4.77 Å². The maximum absolute atomic E-state index is 12.6. The topological polar surface area (TPSA) is 85.4 Å². The molecule has 8 heteroatoms. The number of rotatable bonds is 6. The summed E-state index contributed by atoms with van der Waals surface area (Å²) in [5.41, 5.74) is 0.573. The van der Waals surface area contributed by atoms with Crippen LogP contribution < -0.4 is 20.3 Å². The van der Waals surface area contributed by atoms with Crippen molar-refractivity contribution in [3.05, 3.63) is 63.7 Å². The average molecular weight is 411 g/mol. The van der Waals surface area contributed by atoms with Crippen molar-refractivity contribution in [1.82, 2.24) is 14.9 Å². The Morgan fingerprint density at radius 3 is 2.79 bits per heavy atom. The fourth-order valence-electron chi connectivity index (χ4n) is 3.28. The highest BCUT2D eigenvalue weighted by atomic mass is 32.1. The van der Waals surface area contributed by atoms with Crippen molar-refractivity contribution < 1.29 is 14.3 Å². The molecule has 2 heterocycles. The quantitative estimate of drug-likeness (QED) is 0.610. The highest BCUT2D eigenvalue weighted by Crippen LogP contribution is 2.30. The molecular weight excluding hydrogens is 390 g/mol. The van der Waals surface area contributed by atoms with E-state index < -0.39 is 0 Å². The summed E-state index contributed by atoms with van der Waals surface area (Å²) >= 11 is 5.29. The molecule has 1 aromatic heterocycles. The zero-order chi connectivity index (χ0) is 20.2. The molecule has 4 rings (SSSR count). The Kier molecular flexibility index (Phi) is 5.62. The number of nitrogens with zero attached hydrogens (tertiary/aromatic N) is 1. The van der Waals surface area contributed by atoms with Gasteiger partial charge in [0, 0.05) is 13.0 Å². The molecule has 0 fully saturated rings. The Morgan fingerprint density at radius 2 is 1.93 bits per heavy atom. The largest absolute Gasteiger partial charge is 0.486 e. The Hall–Kier alpha value is -3.13. The average Bonchev–Trinajstić information content (AvgIpc) is 2.74. The maximum atomic E-state index is 12.6. The lowest BCUT2D eigenvalue weighted by Crippen LogP contribution is -2.40. The Morgan fingerprint density at radius 1 is 1.17 bits per heavy atom. The number of ether oxygens (including phenoxy) is 2. The van der Waals surface area contributed by atoms with Crippen LogP contribution in [0.3, 0.4) is 0 Å². The SMILES string of the molecule is O=C(CCCn1c(=S)[nH]c2ccccc2c1=O)NCC1COc2ccccc2O1. The van der Waals surface area contributed by atoms with Gasteiger partial charge in [-0.05, 0) is 42.9 Å². The summed E-state index contributed by atoms with van der Waals surface area (Å²) in [6.45, 7) is 1.13. The van der Waals surface area contributed by atoms with Crippen molar-refractivity contribution in [2.45, 2.75) is 25.5 Å². The third kappa shape index (κ3) is 4.32. The van der Waals surface area contributed by atoms with Crippen LogP contribution >= 0.6 is 12.2 Å². The molecule has 29 heavy (non-hydrogen) atoms. The van der Waals surface area contributed by atoms with Crippen molar-refractivity contribution in [3.8, 4) is 11.5 Å². The first-order chi connectivity index (χ1) is 14.1. The maximum Gasteiger partial charge on any atom is 0.262 e. The van der Waals surface area contributed by atoms with Gasteiger partial charge in [-0.3, -0.25) is 14.2 Å². The molecule has 0 spiro atoms. The molecule has 0 radical (unpaired) electrons. The number of carbonyl (C=O) groups excluding carboxylic acids is 1. The third-order valence-corrected chi connectivity index (χ3v) is 5.09. The van der Waals surface area contributed by atoms with Gasteiger partial charge in [-0.2, -0.15) is 0 Å². The molecule has 0 bridgehead atoms. The van der Waals surface area contributed by atoms with Crippen molar-refractivity contribution in [2.75, 3.05) is 13.2 Å². The van der Waals surface area contributed by atoms with E-state index in [-0.39, 0.29) is 24.0 Å². The van der Waals surface area contributed by atoms with E-state index in [0.29, 0.717) is 53.3 Å². The van der Waals surface area contributed by atoms with Crippen LogP contribution in [0.2, 0.25) is 0 Å². The zero-order valence-electron chi connectivity index (χ0n) is 15.7. The number of para-hydroxylation sites is 3. The van der Waals surface area contributed by atoms with E-state index in [1.807, 2.05) is 42.5 Å². The van der Waals surface area contributed by atoms with Crippen LogP contribution in [0.25, 0.3) is 10.9 Å². The van der Waals surface area contributed by atoms with Gasteiger partial charge < -0.3 is 19.8 Å². The fourth-order valence-corrected chi connectivity index (χ4v) is 3.56. The smallest absolute Gasteiger partial charge is 0.262 e. The molecule has 0 saturated heterocycles. The lowest BCUT2D eigenvalue weighted by molar-refractivity contribution is -0.121. The van der Waals surface area contributed by atoms with Gasteiger partial charge in [-0.1, -0.05) is 24.3 Å². The van der Waals surface area contributed by atoms with E-state index in [1.54, 1.807) is 6.07 Å². The number of nitrogens with one attached hydrogen (secondary N) is 2. The highest BCUT2D eigenvalue weighted by Gasteiger charge is 2.20. The highest BCUT2D eigenvalue weighted by molar-refractivity contribution is 7.71. The van der Waals surface area contributed by atoms with Crippen LogP contribution in [0.15, 0.2) is 53.3 Å². The van der Waals surface area contributed by atoms with E-state index in [0.717, 1.165) is 0 Å². The number of aromatic nitrogens is 2. The lowest BCUT2D eigenvalue weighted by atomic mass is 10.2. The Bertz CT molecular complexity index is 1150. The van der Waals surface area contributed by atoms with Crippen molar-refractivity contribution in [1.29, 1.82) is 0 Å². The number of aromatic amines is 1. The number of fused-ring (bicyclic) bond motifs is 2. The number of benzene rings is 2. The van der Waals surface area contributed by atoms with Gasteiger partial charge in [-0.15, -0.1) is 0 Å². The molecule has 7 nitrogen and oxygen atoms in total. The number of hydrogen-bond donors (Lipinski definition) is 2. The van der Waals surface area contributed by atoms with E-state index >= 15 is 0 Å². The molecular formula is C21H21N3O4S. The first-order valence-corrected chi connectivity index (χ1v) is 9.89. The second-order valence-electron chi connectivity index (χ2n) is 6.84. The van der Waals surface area contributed by atoms with E-state index in [2.05, 4.69) is 10.3 Å². The summed E-state index contributed by atoms with van der Waals surface area (Å²) in [6, 6.07) is 14.7. The van der Waals surface area contributed by atoms with Gasteiger partial charge in [0.1, 0.15) is 12.7 Å². The van der Waals surface area contributed by atoms with Crippen molar-refractivity contribution in [2.24, 2.45) is 0 Å². The van der Waals surface area contributed by atoms with E-state index in [4.69, 9.17) is 21.7 Å². The normalized spacial score (nSPS) is 15.2. The summed E-state index contributed by atoms with van der Waals surface area (Å²) in [5, 5.41) is 3.45. The first-order valence-electron chi connectivity index (χ1n) is 9.49. The molecule has 150 valence electrons. The fraction of sp³-hybridized carbons (Fsp3) is 0.286. The van der Waals surface area contributed by atoms with Gasteiger partial charge in [0.25, 0.3) is 5.56 Å². The zero-order valence-corrected chi connectivity index (χ0v) is 16.5. The summed E-state index contributed by atoms with van der Waals surface area (Å²) < 4.78 is 13.3. The number of amides is 1. The predicted molar refractivity (Wildman–Crippen MR) is 112 cm³/mol. The number of H-pyrrole nitrogens is 1. The van der Waals surface area contributed by atoms with Crippen LogP contribution in [-0.2, 0) is 11.3 Å². The minimum absolute atomic E-state index is 0.101. The molecule has 1 atom stereocenters. The molecule has 2 N–H and O–H groups in total. The Balaban J connectivity index is 1.28. The van der Waals surface area contributed by atoms with Gasteiger partial charge in [0.15, 0.2) is 16.3 Å². The summed E-state index contributed by atoms with van der Waals surface area (Å²) in [6.07, 6.45) is 0.566. The van der Waals surface area contributed by atoms with Crippen LogP contribution in [-0.4, -0.2) is 34.7 Å². The van der Waals surface area contributed by atoms with Gasteiger partial charge in [-0.25, -0.2) is 0 Å². The standard InChI is InChI=1S/C21H21N3O4S/c25-19(22-12-14-13-27-17-8-3-4-9-18(17)28-14)10-5-11-24-20(26)15-6-1-2-7-16(15)23-21(24)29/h1-4,6-9,14H,5,10-13H2,(H,22,25)(H,23,29).